The van der Waals surface area contributed by atoms with Gasteiger partial charge in [-0.3, -0.25) is 28.7 Å². The summed E-state index contributed by atoms with van der Waals surface area (Å²) in [5.41, 5.74) is -3.45. The minimum atomic E-state index is -3.21. The summed E-state index contributed by atoms with van der Waals surface area (Å²) in [5, 5.41) is 0. The molecule has 1 aromatic rings. The first kappa shape index (κ1) is 22.2. The number of carbonyl (C=O) groups is 3. The van der Waals surface area contributed by atoms with Gasteiger partial charge in [0.1, 0.15) is 12.7 Å². The van der Waals surface area contributed by atoms with Crippen molar-refractivity contribution in [3.63, 3.8) is 0 Å². The van der Waals surface area contributed by atoms with Gasteiger partial charge in [0.2, 0.25) is 0 Å². The van der Waals surface area contributed by atoms with Gasteiger partial charge in [-0.05, 0) is 0 Å². The lowest BCUT2D eigenvalue weighted by atomic mass is 10.1. The number of carbonyl (C=O) groups excluding carboxylic acids is 3. The van der Waals surface area contributed by atoms with E-state index in [1.165, 1.54) is 0 Å². The maximum Gasteiger partial charge on any atom is 0.330 e. The topological polar surface area (TPSA) is 143 Å². The second-order valence-electron chi connectivity index (χ2n) is 6.07. The Morgan fingerprint density at radius 2 is 1.69 bits per heavy atom. The molecule has 1 aliphatic rings. The highest BCUT2D eigenvalue weighted by Crippen LogP contribution is 2.34. The second-order valence-corrected chi connectivity index (χ2v) is 6.07. The van der Waals surface area contributed by atoms with E-state index >= 15 is 0 Å². The molecule has 1 aliphatic heterocycles. The number of aromatic amines is 1. The molecule has 0 spiro atoms. The van der Waals surface area contributed by atoms with Gasteiger partial charge in [0.15, 0.2) is 18.4 Å². The number of hydrogen-bond acceptors (Lipinski definition) is 9. The van der Waals surface area contributed by atoms with Crippen LogP contribution in [0.5, 0.6) is 0 Å². The maximum atomic E-state index is 13.1. The standard InChI is InChI=1S/C16H18F2N2O9/c1-6(21)26-5-10-11(27-7(2)22)12(28-8(3)23)15(29-10)20-4-9(13(17)18)14(24)19-16(20)25/h4,10-13,15H,5H2,1-3H3,(H,19,24,25)/t10-,11-,12+,15-/m1/s1. The van der Waals surface area contributed by atoms with Crippen LogP contribution in [-0.2, 0) is 33.3 Å². The number of aromatic nitrogens is 2. The fourth-order valence-electron chi connectivity index (χ4n) is 2.76. The Bertz CT molecular complexity index is 910. The van der Waals surface area contributed by atoms with E-state index in [-0.39, 0.29) is 0 Å². The third-order valence-electron chi connectivity index (χ3n) is 3.85. The Morgan fingerprint density at radius 1 is 1.10 bits per heavy atom. The van der Waals surface area contributed by atoms with Gasteiger partial charge in [-0.2, -0.15) is 0 Å². The van der Waals surface area contributed by atoms with Crippen LogP contribution in [0.4, 0.5) is 8.78 Å². The lowest BCUT2D eigenvalue weighted by Crippen LogP contribution is -2.42. The van der Waals surface area contributed by atoms with Gasteiger partial charge in [-0.15, -0.1) is 0 Å². The van der Waals surface area contributed by atoms with Gasteiger partial charge in [0.05, 0.1) is 5.56 Å². The van der Waals surface area contributed by atoms with Gasteiger partial charge in [0, 0.05) is 27.0 Å². The third-order valence-corrected chi connectivity index (χ3v) is 3.85. The number of rotatable bonds is 6. The van der Waals surface area contributed by atoms with Crippen molar-refractivity contribution in [2.75, 3.05) is 6.61 Å². The molecule has 0 saturated carbocycles. The van der Waals surface area contributed by atoms with Crippen molar-refractivity contribution in [1.82, 2.24) is 9.55 Å². The van der Waals surface area contributed by atoms with Crippen molar-refractivity contribution in [3.05, 3.63) is 32.6 Å². The highest BCUT2D eigenvalue weighted by atomic mass is 19.3. The number of hydrogen-bond donors (Lipinski definition) is 1. The molecular formula is C16H18F2N2O9. The van der Waals surface area contributed by atoms with Crippen LogP contribution in [0.2, 0.25) is 0 Å². The van der Waals surface area contributed by atoms with Gasteiger partial charge < -0.3 is 18.9 Å². The predicted octanol–water partition coefficient (Wildman–Crippen LogP) is -0.202. The Morgan fingerprint density at radius 3 is 2.21 bits per heavy atom. The van der Waals surface area contributed by atoms with Crippen LogP contribution in [0.3, 0.4) is 0 Å². The van der Waals surface area contributed by atoms with E-state index in [4.69, 9.17) is 18.9 Å². The summed E-state index contributed by atoms with van der Waals surface area (Å²) in [6, 6.07) is 0. The van der Waals surface area contributed by atoms with Crippen LogP contribution in [0.1, 0.15) is 39.0 Å². The zero-order valence-electron chi connectivity index (χ0n) is 15.5. The molecule has 13 heteroatoms. The smallest absolute Gasteiger partial charge is 0.330 e. The molecule has 1 fully saturated rings. The molecule has 1 saturated heterocycles. The SMILES string of the molecule is CC(=O)OC[C@H]1O[C@@H](n2cc(C(F)F)c(=O)[nH]c2=O)[C@@H](OC(C)=O)[C@@H]1OC(C)=O. The normalized spacial score (nSPS) is 23.7. The van der Waals surface area contributed by atoms with Crippen LogP contribution in [0.15, 0.2) is 15.8 Å². The summed E-state index contributed by atoms with van der Waals surface area (Å²) in [6.45, 7) is 2.75. The molecule has 0 radical (unpaired) electrons. The number of nitrogens with zero attached hydrogens (tertiary/aromatic N) is 1. The Hall–Kier alpha value is -3.09. The van der Waals surface area contributed by atoms with E-state index in [9.17, 15) is 32.8 Å². The van der Waals surface area contributed by atoms with E-state index in [0.29, 0.717) is 10.8 Å². The van der Waals surface area contributed by atoms with Crippen molar-refractivity contribution >= 4 is 17.9 Å². The van der Waals surface area contributed by atoms with Gasteiger partial charge in [-0.1, -0.05) is 0 Å². The Balaban J connectivity index is 2.52. The molecule has 0 aromatic carbocycles. The minimum absolute atomic E-state index is 0.443. The van der Waals surface area contributed by atoms with E-state index in [2.05, 4.69) is 0 Å². The molecule has 2 rings (SSSR count). The molecule has 11 nitrogen and oxygen atoms in total. The molecule has 1 aromatic heterocycles. The van der Waals surface area contributed by atoms with Crippen molar-refractivity contribution in [3.8, 4) is 0 Å². The highest BCUT2D eigenvalue weighted by Gasteiger charge is 2.51. The molecule has 2 heterocycles. The number of esters is 3. The molecule has 160 valence electrons. The quantitative estimate of drug-likeness (QED) is 0.489. The number of nitrogens with one attached hydrogen (secondary N) is 1. The van der Waals surface area contributed by atoms with Crippen molar-refractivity contribution < 1.29 is 42.1 Å². The molecule has 0 amide bonds. The molecule has 0 unspecified atom stereocenters. The fourth-order valence-corrected chi connectivity index (χ4v) is 2.76. The first-order valence-electron chi connectivity index (χ1n) is 8.28. The van der Waals surface area contributed by atoms with E-state index in [0.717, 1.165) is 20.8 Å². The first-order chi connectivity index (χ1) is 13.5. The molecule has 0 bridgehead atoms. The Labute approximate surface area is 161 Å². The minimum Gasteiger partial charge on any atom is -0.463 e. The average molecular weight is 420 g/mol. The summed E-state index contributed by atoms with van der Waals surface area (Å²) in [5.74, 6) is -2.34. The average Bonchev–Trinajstić information content (AvgIpc) is 2.89. The van der Waals surface area contributed by atoms with E-state index in [1.807, 2.05) is 0 Å². The van der Waals surface area contributed by atoms with Gasteiger partial charge in [0.25, 0.3) is 12.0 Å². The third kappa shape index (κ3) is 5.25. The number of H-pyrrole nitrogens is 1. The summed E-state index contributed by atoms with van der Waals surface area (Å²) < 4.78 is 47.3. The second kappa shape index (κ2) is 8.94. The highest BCUT2D eigenvalue weighted by molar-refractivity contribution is 5.68. The summed E-state index contributed by atoms with van der Waals surface area (Å²) in [6.07, 6.45) is -8.16. The van der Waals surface area contributed by atoms with Gasteiger partial charge >= 0.3 is 23.6 Å². The Kier molecular flexibility index (Phi) is 6.84. The van der Waals surface area contributed by atoms with E-state index in [1.54, 1.807) is 4.98 Å². The predicted molar refractivity (Wildman–Crippen MR) is 87.9 cm³/mol. The fraction of sp³-hybridized carbons (Fsp3) is 0.562. The van der Waals surface area contributed by atoms with Gasteiger partial charge in [-0.25, -0.2) is 13.6 Å². The summed E-state index contributed by atoms with van der Waals surface area (Å²) in [7, 11) is 0. The molecule has 29 heavy (non-hydrogen) atoms. The van der Waals surface area contributed by atoms with Crippen molar-refractivity contribution in [2.24, 2.45) is 0 Å². The first-order valence-corrected chi connectivity index (χ1v) is 8.28. The number of ether oxygens (including phenoxy) is 4. The van der Waals surface area contributed by atoms with E-state index < -0.39 is 72.3 Å². The summed E-state index contributed by atoms with van der Waals surface area (Å²) >= 11 is 0. The van der Waals surface area contributed by atoms with Crippen LogP contribution in [0.25, 0.3) is 0 Å². The lowest BCUT2D eigenvalue weighted by molar-refractivity contribution is -0.166. The molecular weight excluding hydrogens is 402 g/mol. The summed E-state index contributed by atoms with van der Waals surface area (Å²) in [4.78, 5) is 59.6. The molecule has 0 aliphatic carbocycles. The maximum absolute atomic E-state index is 13.1. The largest absolute Gasteiger partial charge is 0.463 e. The van der Waals surface area contributed by atoms with Crippen molar-refractivity contribution in [2.45, 2.75) is 51.7 Å². The van der Waals surface area contributed by atoms with Crippen molar-refractivity contribution in [1.29, 1.82) is 0 Å². The number of alkyl halides is 2. The lowest BCUT2D eigenvalue weighted by Gasteiger charge is -2.24. The molecule has 4 atom stereocenters. The zero-order chi connectivity index (χ0) is 21.9. The number of halogens is 2. The van der Waals surface area contributed by atoms with Crippen LogP contribution in [-0.4, -0.2) is 52.4 Å². The molecule has 1 N–H and O–H groups in total. The van der Waals surface area contributed by atoms with Crippen LogP contribution >= 0.6 is 0 Å². The monoisotopic (exact) mass is 420 g/mol. The zero-order valence-corrected chi connectivity index (χ0v) is 15.5. The van der Waals surface area contributed by atoms with Crippen LogP contribution in [0, 0.1) is 0 Å². The van der Waals surface area contributed by atoms with Crippen LogP contribution < -0.4 is 11.2 Å².